The summed E-state index contributed by atoms with van der Waals surface area (Å²) in [6, 6.07) is 10.8. The first-order valence-electron chi connectivity index (χ1n) is 11.7. The van der Waals surface area contributed by atoms with E-state index in [0.29, 0.717) is 28.6 Å². The molecule has 0 spiro atoms. The van der Waals surface area contributed by atoms with E-state index in [1.165, 1.54) is 5.69 Å². The van der Waals surface area contributed by atoms with Gasteiger partial charge in [0.1, 0.15) is 11.6 Å². The number of hydrogen-bond acceptors (Lipinski definition) is 8. The number of nitrogens with zero attached hydrogens (tertiary/aromatic N) is 4. The van der Waals surface area contributed by atoms with Crippen LogP contribution in [0.2, 0.25) is 0 Å². The lowest BCUT2D eigenvalue weighted by atomic mass is 10.1. The molecular formula is C24H26N8O2. The second-order valence-electron chi connectivity index (χ2n) is 8.91. The van der Waals surface area contributed by atoms with Gasteiger partial charge in [-0.25, -0.2) is 4.98 Å². The second kappa shape index (κ2) is 8.45. The molecule has 2 aliphatic heterocycles. The van der Waals surface area contributed by atoms with Crippen LogP contribution in [0.25, 0.3) is 11.7 Å². The van der Waals surface area contributed by atoms with Gasteiger partial charge in [0.2, 0.25) is 5.91 Å². The number of carbonyl (C=O) groups excluding carboxylic acids is 2. The van der Waals surface area contributed by atoms with Crippen molar-refractivity contribution in [2.75, 3.05) is 41.7 Å². The lowest BCUT2D eigenvalue weighted by Crippen LogP contribution is -2.43. The molecule has 10 heteroatoms. The van der Waals surface area contributed by atoms with Crippen LogP contribution in [0.4, 0.5) is 23.0 Å². The van der Waals surface area contributed by atoms with Crippen LogP contribution in [0.1, 0.15) is 24.8 Å². The van der Waals surface area contributed by atoms with E-state index in [1.54, 1.807) is 16.8 Å². The first-order chi connectivity index (χ1) is 16.6. The van der Waals surface area contributed by atoms with Gasteiger partial charge in [0.15, 0.2) is 5.65 Å². The van der Waals surface area contributed by atoms with Crippen molar-refractivity contribution in [3.8, 4) is 0 Å². The molecule has 34 heavy (non-hydrogen) atoms. The fraction of sp³-hybridized carbons (Fsp3) is 0.333. The van der Waals surface area contributed by atoms with Gasteiger partial charge in [-0.3, -0.25) is 14.9 Å². The lowest BCUT2D eigenvalue weighted by Gasteiger charge is -2.29. The monoisotopic (exact) mass is 458 g/mol. The first-order valence-corrected chi connectivity index (χ1v) is 11.7. The standard InChI is InChI=1S/C24H26N8O2/c33-22-12-15(24(34)30-22)11-16-14-26-32-21(28-18-1-2-18)13-20(29-23(16)32)27-17-3-5-19(6-4-17)31-9-7-25-8-10-31/h3-6,11,13-14,18,25,28H,1-2,7-10,12H2,(H,27,29)(H,30,33,34)/b15-11+. The van der Waals surface area contributed by atoms with Crippen molar-refractivity contribution < 1.29 is 9.59 Å². The maximum absolute atomic E-state index is 12.0. The quantitative estimate of drug-likeness (QED) is 0.327. The Balaban J connectivity index is 1.31. The predicted molar refractivity (Wildman–Crippen MR) is 130 cm³/mol. The molecular weight excluding hydrogens is 432 g/mol. The zero-order chi connectivity index (χ0) is 23.1. The van der Waals surface area contributed by atoms with Crippen LogP contribution in [0, 0.1) is 0 Å². The number of nitrogens with one attached hydrogen (secondary N) is 4. The minimum Gasteiger partial charge on any atom is -0.369 e. The highest BCUT2D eigenvalue weighted by Crippen LogP contribution is 2.29. The van der Waals surface area contributed by atoms with E-state index in [1.807, 2.05) is 6.07 Å². The number of amides is 2. The molecule has 1 saturated carbocycles. The number of rotatable bonds is 6. The Morgan fingerprint density at radius 2 is 1.88 bits per heavy atom. The topological polar surface area (TPSA) is 116 Å². The molecule has 1 aromatic carbocycles. The van der Waals surface area contributed by atoms with Gasteiger partial charge < -0.3 is 20.9 Å². The van der Waals surface area contributed by atoms with Gasteiger partial charge in [0, 0.05) is 60.8 Å². The fourth-order valence-corrected chi connectivity index (χ4v) is 4.32. The molecule has 4 N–H and O–H groups in total. The van der Waals surface area contributed by atoms with Crippen molar-refractivity contribution in [2.24, 2.45) is 0 Å². The Labute approximate surface area is 196 Å². The van der Waals surface area contributed by atoms with E-state index in [-0.39, 0.29) is 18.2 Å². The van der Waals surface area contributed by atoms with E-state index in [2.05, 4.69) is 55.5 Å². The van der Waals surface area contributed by atoms with Gasteiger partial charge in [-0.15, -0.1) is 0 Å². The van der Waals surface area contributed by atoms with Crippen LogP contribution >= 0.6 is 0 Å². The summed E-state index contributed by atoms with van der Waals surface area (Å²) in [5.74, 6) is 0.865. The van der Waals surface area contributed by atoms with E-state index in [4.69, 9.17) is 4.98 Å². The maximum Gasteiger partial charge on any atom is 0.254 e. The molecule has 3 aliphatic rings. The molecule has 10 nitrogen and oxygen atoms in total. The van der Waals surface area contributed by atoms with Crippen LogP contribution in [0.15, 0.2) is 42.1 Å². The molecule has 2 saturated heterocycles. The van der Waals surface area contributed by atoms with Gasteiger partial charge in [0.25, 0.3) is 5.91 Å². The number of anilines is 4. The smallest absolute Gasteiger partial charge is 0.254 e. The third-order valence-corrected chi connectivity index (χ3v) is 6.28. The molecule has 4 heterocycles. The zero-order valence-corrected chi connectivity index (χ0v) is 18.7. The summed E-state index contributed by atoms with van der Waals surface area (Å²) in [6.07, 6.45) is 5.69. The van der Waals surface area contributed by atoms with Crippen molar-refractivity contribution >= 4 is 46.5 Å². The minimum atomic E-state index is -0.362. The van der Waals surface area contributed by atoms with E-state index in [9.17, 15) is 9.59 Å². The summed E-state index contributed by atoms with van der Waals surface area (Å²) in [4.78, 5) is 30.8. The van der Waals surface area contributed by atoms with Crippen LogP contribution in [0.3, 0.4) is 0 Å². The molecule has 0 atom stereocenters. The maximum atomic E-state index is 12.0. The second-order valence-corrected chi connectivity index (χ2v) is 8.91. The number of carbonyl (C=O) groups is 2. The molecule has 174 valence electrons. The predicted octanol–water partition coefficient (Wildman–Crippen LogP) is 1.89. The van der Waals surface area contributed by atoms with Crippen LogP contribution in [-0.4, -0.2) is 58.6 Å². The Bertz CT molecular complexity index is 1290. The number of benzene rings is 1. The number of imide groups is 1. The fourth-order valence-electron chi connectivity index (χ4n) is 4.32. The summed E-state index contributed by atoms with van der Waals surface area (Å²) >= 11 is 0. The number of aromatic nitrogens is 3. The highest BCUT2D eigenvalue weighted by Gasteiger charge is 2.26. The SMILES string of the molecule is O=C1C/C(=C\c2cnn3c(NC4CC4)cc(Nc4ccc(N5CCNCC5)cc4)nc23)C(=O)N1. The van der Waals surface area contributed by atoms with Crippen molar-refractivity contribution in [1.82, 2.24) is 25.2 Å². The molecule has 2 amide bonds. The highest BCUT2D eigenvalue weighted by atomic mass is 16.2. The van der Waals surface area contributed by atoms with Crippen LogP contribution < -0.4 is 26.2 Å². The molecule has 2 aromatic heterocycles. The van der Waals surface area contributed by atoms with Gasteiger partial charge in [-0.05, 0) is 43.2 Å². The lowest BCUT2D eigenvalue weighted by molar-refractivity contribution is -0.124. The Morgan fingerprint density at radius 3 is 2.59 bits per heavy atom. The van der Waals surface area contributed by atoms with Crippen molar-refractivity contribution in [2.45, 2.75) is 25.3 Å². The van der Waals surface area contributed by atoms with Gasteiger partial charge in [-0.2, -0.15) is 9.61 Å². The zero-order valence-electron chi connectivity index (χ0n) is 18.7. The largest absolute Gasteiger partial charge is 0.369 e. The third kappa shape index (κ3) is 4.19. The van der Waals surface area contributed by atoms with Crippen molar-refractivity contribution in [3.63, 3.8) is 0 Å². The average Bonchev–Trinajstić information content (AvgIpc) is 3.48. The Morgan fingerprint density at radius 1 is 1.09 bits per heavy atom. The van der Waals surface area contributed by atoms with Gasteiger partial charge >= 0.3 is 0 Å². The number of hydrogen-bond donors (Lipinski definition) is 4. The molecule has 0 unspecified atom stereocenters. The summed E-state index contributed by atoms with van der Waals surface area (Å²) in [6.45, 7) is 4.01. The normalized spacial score (nSPS) is 19.6. The minimum absolute atomic E-state index is 0.0702. The molecule has 0 bridgehead atoms. The van der Waals surface area contributed by atoms with Gasteiger partial charge in [0.05, 0.1) is 12.6 Å². The summed E-state index contributed by atoms with van der Waals surface area (Å²) in [5, 5.41) is 17.1. The van der Waals surface area contributed by atoms with E-state index >= 15 is 0 Å². The average molecular weight is 459 g/mol. The Hall–Kier alpha value is -3.92. The third-order valence-electron chi connectivity index (χ3n) is 6.28. The molecule has 6 rings (SSSR count). The molecule has 3 aromatic rings. The Kier molecular flexibility index (Phi) is 5.14. The highest BCUT2D eigenvalue weighted by molar-refractivity contribution is 6.15. The summed E-state index contributed by atoms with van der Waals surface area (Å²) < 4.78 is 1.75. The molecule has 0 radical (unpaired) electrons. The van der Waals surface area contributed by atoms with Crippen molar-refractivity contribution in [3.05, 3.63) is 47.7 Å². The van der Waals surface area contributed by atoms with E-state index in [0.717, 1.165) is 50.5 Å². The molecule has 1 aliphatic carbocycles. The van der Waals surface area contributed by atoms with Crippen LogP contribution in [0.5, 0.6) is 0 Å². The molecule has 3 fully saturated rings. The summed E-state index contributed by atoms with van der Waals surface area (Å²) in [5.41, 5.74) is 3.87. The first kappa shape index (κ1) is 20.7. The van der Waals surface area contributed by atoms with Crippen LogP contribution in [-0.2, 0) is 9.59 Å². The number of fused-ring (bicyclic) bond motifs is 1. The number of piperazine rings is 1. The van der Waals surface area contributed by atoms with E-state index < -0.39 is 0 Å². The van der Waals surface area contributed by atoms with Gasteiger partial charge in [-0.1, -0.05) is 0 Å². The van der Waals surface area contributed by atoms with Crippen molar-refractivity contribution in [1.29, 1.82) is 0 Å². The summed E-state index contributed by atoms with van der Waals surface area (Å²) in [7, 11) is 0.